The first kappa shape index (κ1) is 14.1. The number of nitrogens with two attached hydrogens (primary N) is 1. The van der Waals surface area contributed by atoms with Crippen LogP contribution in [-0.2, 0) is 0 Å². The molecule has 0 aliphatic carbocycles. The molecule has 116 valence electrons. The Morgan fingerprint density at radius 1 is 0.792 bits per heavy atom. The highest BCUT2D eigenvalue weighted by molar-refractivity contribution is 5.69. The van der Waals surface area contributed by atoms with Gasteiger partial charge in [0.1, 0.15) is 0 Å². The zero-order valence-electron chi connectivity index (χ0n) is 12.6. The van der Waals surface area contributed by atoms with Crippen LogP contribution >= 0.6 is 0 Å². The van der Waals surface area contributed by atoms with E-state index in [2.05, 4.69) is 20.1 Å². The van der Waals surface area contributed by atoms with E-state index in [1.165, 1.54) is 0 Å². The molecule has 0 fully saturated rings. The molecule has 24 heavy (non-hydrogen) atoms. The van der Waals surface area contributed by atoms with Gasteiger partial charge in [-0.2, -0.15) is 4.98 Å². The Kier molecular flexibility index (Phi) is 3.47. The standard InChI is InChI=1S/C18H13N5O/c19-16-15(21-14(11-20-16)12-7-3-1-4-8-12)17-22-18(24-23-17)13-9-5-2-6-10-13/h1-11H,(H2,19,20). The van der Waals surface area contributed by atoms with Crippen LogP contribution in [0.3, 0.4) is 0 Å². The minimum atomic E-state index is 0.259. The number of anilines is 1. The fourth-order valence-corrected chi connectivity index (χ4v) is 2.33. The average molecular weight is 315 g/mol. The van der Waals surface area contributed by atoms with Crippen LogP contribution in [0.15, 0.2) is 71.4 Å². The second kappa shape index (κ2) is 5.92. The van der Waals surface area contributed by atoms with Crippen molar-refractivity contribution >= 4 is 5.82 Å². The minimum absolute atomic E-state index is 0.259. The summed E-state index contributed by atoms with van der Waals surface area (Å²) in [7, 11) is 0. The maximum Gasteiger partial charge on any atom is 0.258 e. The van der Waals surface area contributed by atoms with Gasteiger partial charge in [-0.25, -0.2) is 9.97 Å². The Hall–Kier alpha value is -3.54. The molecular weight excluding hydrogens is 302 g/mol. The normalized spacial score (nSPS) is 10.7. The van der Waals surface area contributed by atoms with E-state index in [-0.39, 0.29) is 5.82 Å². The summed E-state index contributed by atoms with van der Waals surface area (Å²) in [5.74, 6) is 0.989. The van der Waals surface area contributed by atoms with Gasteiger partial charge in [-0.15, -0.1) is 0 Å². The topological polar surface area (TPSA) is 90.7 Å². The second-order valence-electron chi connectivity index (χ2n) is 5.14. The van der Waals surface area contributed by atoms with Crippen LogP contribution in [0.1, 0.15) is 0 Å². The Morgan fingerprint density at radius 3 is 2.17 bits per heavy atom. The third-order valence-electron chi connectivity index (χ3n) is 3.53. The highest BCUT2D eigenvalue weighted by atomic mass is 16.5. The molecule has 2 aromatic heterocycles. The summed E-state index contributed by atoms with van der Waals surface area (Å²) in [6.07, 6.45) is 1.63. The molecule has 0 atom stereocenters. The first-order chi connectivity index (χ1) is 11.8. The molecule has 0 unspecified atom stereocenters. The van der Waals surface area contributed by atoms with E-state index >= 15 is 0 Å². The fourth-order valence-electron chi connectivity index (χ4n) is 2.33. The van der Waals surface area contributed by atoms with Crippen molar-refractivity contribution in [3.8, 4) is 34.2 Å². The number of nitrogen functional groups attached to an aromatic ring is 1. The van der Waals surface area contributed by atoms with Gasteiger partial charge in [0.2, 0.25) is 5.82 Å². The van der Waals surface area contributed by atoms with E-state index in [0.29, 0.717) is 23.1 Å². The first-order valence-corrected chi connectivity index (χ1v) is 7.39. The molecular formula is C18H13N5O. The van der Waals surface area contributed by atoms with Crippen LogP contribution in [0, 0.1) is 0 Å². The van der Waals surface area contributed by atoms with Gasteiger partial charge in [0.15, 0.2) is 11.5 Å². The predicted octanol–water partition coefficient (Wildman–Crippen LogP) is 3.44. The molecule has 0 aliphatic rings. The maximum atomic E-state index is 5.95. The molecule has 0 saturated heterocycles. The molecule has 6 heteroatoms. The summed E-state index contributed by atoms with van der Waals surface area (Å²) in [5.41, 5.74) is 8.83. The molecule has 4 rings (SSSR count). The lowest BCUT2D eigenvalue weighted by atomic mass is 10.1. The fraction of sp³-hybridized carbons (Fsp3) is 0. The van der Waals surface area contributed by atoms with Crippen molar-refractivity contribution < 1.29 is 4.52 Å². The summed E-state index contributed by atoms with van der Waals surface area (Å²) in [6.45, 7) is 0. The molecule has 2 heterocycles. The molecule has 0 bridgehead atoms. The summed E-state index contributed by atoms with van der Waals surface area (Å²) in [5, 5.41) is 3.99. The van der Waals surface area contributed by atoms with Crippen molar-refractivity contribution in [2.24, 2.45) is 0 Å². The van der Waals surface area contributed by atoms with Crippen molar-refractivity contribution in [2.75, 3.05) is 5.73 Å². The van der Waals surface area contributed by atoms with Crippen LogP contribution in [0.5, 0.6) is 0 Å². The number of hydrogen-bond acceptors (Lipinski definition) is 6. The number of rotatable bonds is 3. The quantitative estimate of drug-likeness (QED) is 0.622. The van der Waals surface area contributed by atoms with Gasteiger partial charge in [-0.1, -0.05) is 53.7 Å². The van der Waals surface area contributed by atoms with Gasteiger partial charge in [0.05, 0.1) is 11.9 Å². The molecule has 0 aliphatic heterocycles. The highest BCUT2D eigenvalue weighted by Gasteiger charge is 2.16. The SMILES string of the molecule is Nc1ncc(-c2ccccc2)nc1-c1noc(-c2ccccc2)n1. The predicted molar refractivity (Wildman–Crippen MR) is 90.6 cm³/mol. The lowest BCUT2D eigenvalue weighted by Gasteiger charge is -2.04. The molecule has 0 spiro atoms. The second-order valence-corrected chi connectivity index (χ2v) is 5.14. The third-order valence-corrected chi connectivity index (χ3v) is 3.53. The lowest BCUT2D eigenvalue weighted by molar-refractivity contribution is 0.432. The van der Waals surface area contributed by atoms with Crippen LogP contribution in [-0.4, -0.2) is 20.1 Å². The van der Waals surface area contributed by atoms with Gasteiger partial charge in [-0.05, 0) is 12.1 Å². The number of benzene rings is 2. The van der Waals surface area contributed by atoms with E-state index in [1.54, 1.807) is 6.20 Å². The Morgan fingerprint density at radius 2 is 1.46 bits per heavy atom. The summed E-state index contributed by atoms with van der Waals surface area (Å²) >= 11 is 0. The molecule has 0 radical (unpaired) electrons. The van der Waals surface area contributed by atoms with Gasteiger partial charge < -0.3 is 10.3 Å². The molecule has 2 aromatic carbocycles. The number of aromatic nitrogens is 4. The van der Waals surface area contributed by atoms with Gasteiger partial charge in [0.25, 0.3) is 5.89 Å². The molecule has 2 N–H and O–H groups in total. The largest absolute Gasteiger partial charge is 0.382 e. The van der Waals surface area contributed by atoms with E-state index in [1.807, 2.05) is 60.7 Å². The van der Waals surface area contributed by atoms with Crippen LogP contribution in [0.2, 0.25) is 0 Å². The Bertz CT molecular complexity index is 967. The van der Waals surface area contributed by atoms with Crippen molar-refractivity contribution in [1.29, 1.82) is 0 Å². The van der Waals surface area contributed by atoms with E-state index < -0.39 is 0 Å². The molecule has 0 saturated carbocycles. The summed E-state index contributed by atoms with van der Waals surface area (Å²) < 4.78 is 5.32. The van der Waals surface area contributed by atoms with Gasteiger partial charge >= 0.3 is 0 Å². The van der Waals surface area contributed by atoms with Crippen LogP contribution < -0.4 is 5.73 Å². The van der Waals surface area contributed by atoms with Crippen LogP contribution in [0.4, 0.5) is 5.82 Å². The number of nitrogens with zero attached hydrogens (tertiary/aromatic N) is 4. The maximum absolute atomic E-state index is 5.95. The third kappa shape index (κ3) is 2.61. The van der Waals surface area contributed by atoms with Crippen LogP contribution in [0.25, 0.3) is 34.2 Å². The zero-order valence-corrected chi connectivity index (χ0v) is 12.6. The number of hydrogen-bond donors (Lipinski definition) is 1. The Balaban J connectivity index is 1.76. The summed E-state index contributed by atoms with van der Waals surface area (Å²) in [4.78, 5) is 13.1. The smallest absolute Gasteiger partial charge is 0.258 e. The van der Waals surface area contributed by atoms with Gasteiger partial charge in [0, 0.05) is 11.1 Å². The first-order valence-electron chi connectivity index (χ1n) is 7.39. The van der Waals surface area contributed by atoms with E-state index in [9.17, 15) is 0 Å². The van der Waals surface area contributed by atoms with Gasteiger partial charge in [-0.3, -0.25) is 0 Å². The average Bonchev–Trinajstić information content (AvgIpc) is 3.13. The molecule has 0 amide bonds. The van der Waals surface area contributed by atoms with Crippen molar-refractivity contribution in [1.82, 2.24) is 20.1 Å². The summed E-state index contributed by atoms with van der Waals surface area (Å²) in [6, 6.07) is 19.3. The van der Waals surface area contributed by atoms with E-state index in [4.69, 9.17) is 10.3 Å². The lowest BCUT2D eigenvalue weighted by Crippen LogP contribution is -1.99. The van der Waals surface area contributed by atoms with Crippen molar-refractivity contribution in [2.45, 2.75) is 0 Å². The highest BCUT2D eigenvalue weighted by Crippen LogP contribution is 2.26. The van der Waals surface area contributed by atoms with Crippen molar-refractivity contribution in [3.05, 3.63) is 66.9 Å². The van der Waals surface area contributed by atoms with E-state index in [0.717, 1.165) is 11.1 Å². The molecule has 4 aromatic rings. The van der Waals surface area contributed by atoms with Crippen molar-refractivity contribution in [3.63, 3.8) is 0 Å². The monoisotopic (exact) mass is 315 g/mol. The Labute approximate surface area is 138 Å². The molecule has 6 nitrogen and oxygen atoms in total. The zero-order chi connectivity index (χ0) is 16.4. The minimum Gasteiger partial charge on any atom is -0.382 e.